The van der Waals surface area contributed by atoms with E-state index in [0.717, 1.165) is 63.3 Å². The fourth-order valence-corrected chi connectivity index (χ4v) is 4.74. The number of amides is 2. The number of hydrogen-bond donors (Lipinski definition) is 0. The Kier molecular flexibility index (Phi) is 5.87. The van der Waals surface area contributed by atoms with Crippen molar-refractivity contribution in [3.63, 3.8) is 0 Å². The second kappa shape index (κ2) is 8.39. The third kappa shape index (κ3) is 4.30. The van der Waals surface area contributed by atoms with Crippen LogP contribution in [0.4, 0.5) is 0 Å². The summed E-state index contributed by atoms with van der Waals surface area (Å²) in [6, 6.07) is 0. The van der Waals surface area contributed by atoms with Crippen LogP contribution in [-0.2, 0) is 38.8 Å². The molecule has 1 aromatic rings. The molecule has 0 N–H and O–H groups in total. The monoisotopic (exact) mass is 405 g/mol. The fourth-order valence-electron chi connectivity index (χ4n) is 4.74. The number of carbonyl (C=O) groups excluding carboxylic acids is 2. The molecule has 0 radical (unpaired) electrons. The number of carbonyl (C=O) groups is 2. The molecule has 2 saturated heterocycles. The standard InChI is InChI=1S/C20H31N5O4/c1-15(26)23-7-3-16(4-8-23)11-19(27)24-9-5-20(6-10-24)14-25-18(13-29-20)17(12-28-2)21-22-25/h16H,3-14H2,1-2H3. The first-order valence-corrected chi connectivity index (χ1v) is 10.6. The minimum atomic E-state index is -0.255. The molecule has 0 saturated carbocycles. The molecule has 0 unspecified atom stereocenters. The average molecular weight is 405 g/mol. The molecule has 160 valence electrons. The summed E-state index contributed by atoms with van der Waals surface area (Å²) in [7, 11) is 1.65. The van der Waals surface area contributed by atoms with Gasteiger partial charge in [-0.05, 0) is 31.6 Å². The molecule has 0 atom stereocenters. The van der Waals surface area contributed by atoms with Gasteiger partial charge in [-0.3, -0.25) is 9.59 Å². The van der Waals surface area contributed by atoms with Crippen molar-refractivity contribution in [2.75, 3.05) is 33.3 Å². The Morgan fingerprint density at radius 2 is 1.90 bits per heavy atom. The van der Waals surface area contributed by atoms with Crippen LogP contribution < -0.4 is 0 Å². The molecule has 0 aromatic carbocycles. The average Bonchev–Trinajstić information content (AvgIpc) is 3.11. The number of fused-ring (bicyclic) bond motifs is 1. The van der Waals surface area contributed by atoms with Crippen molar-refractivity contribution in [1.82, 2.24) is 24.8 Å². The van der Waals surface area contributed by atoms with Gasteiger partial charge in [0.2, 0.25) is 11.8 Å². The number of nitrogens with zero attached hydrogens (tertiary/aromatic N) is 5. The predicted octanol–water partition coefficient (Wildman–Crippen LogP) is 0.965. The normalized spacial score (nSPS) is 22.0. The van der Waals surface area contributed by atoms with Crippen LogP contribution in [0.1, 0.15) is 50.4 Å². The highest BCUT2D eigenvalue weighted by Gasteiger charge is 2.41. The third-order valence-electron chi connectivity index (χ3n) is 6.70. The highest BCUT2D eigenvalue weighted by Crippen LogP contribution is 2.34. The Labute approximate surface area is 171 Å². The van der Waals surface area contributed by atoms with Gasteiger partial charge < -0.3 is 19.3 Å². The molecule has 0 bridgehead atoms. The topological polar surface area (TPSA) is 89.8 Å². The highest BCUT2D eigenvalue weighted by molar-refractivity contribution is 5.77. The zero-order chi connectivity index (χ0) is 20.4. The quantitative estimate of drug-likeness (QED) is 0.741. The van der Waals surface area contributed by atoms with Crippen molar-refractivity contribution < 1.29 is 19.1 Å². The van der Waals surface area contributed by atoms with Crippen LogP contribution in [-0.4, -0.2) is 75.5 Å². The summed E-state index contributed by atoms with van der Waals surface area (Å²) < 4.78 is 13.4. The molecule has 3 aliphatic heterocycles. The van der Waals surface area contributed by atoms with Crippen molar-refractivity contribution in [2.24, 2.45) is 5.92 Å². The number of hydrogen-bond acceptors (Lipinski definition) is 6. The van der Waals surface area contributed by atoms with Gasteiger partial charge in [0.25, 0.3) is 0 Å². The van der Waals surface area contributed by atoms with Crippen molar-refractivity contribution in [2.45, 2.75) is 64.4 Å². The Hall–Kier alpha value is -2.00. The van der Waals surface area contributed by atoms with E-state index in [-0.39, 0.29) is 17.4 Å². The summed E-state index contributed by atoms with van der Waals surface area (Å²) >= 11 is 0. The molecule has 3 aliphatic rings. The minimum Gasteiger partial charge on any atom is -0.378 e. The highest BCUT2D eigenvalue weighted by atomic mass is 16.5. The summed E-state index contributed by atoms with van der Waals surface area (Å²) in [5, 5.41) is 8.48. The van der Waals surface area contributed by atoms with Crippen LogP contribution in [0.5, 0.6) is 0 Å². The lowest BCUT2D eigenvalue weighted by atomic mass is 9.88. The molecule has 9 heteroatoms. The summed E-state index contributed by atoms with van der Waals surface area (Å²) in [5.74, 6) is 0.756. The summed E-state index contributed by atoms with van der Waals surface area (Å²) in [6.45, 7) is 6.23. The van der Waals surface area contributed by atoms with Crippen molar-refractivity contribution >= 4 is 11.8 Å². The van der Waals surface area contributed by atoms with E-state index in [2.05, 4.69) is 10.3 Å². The zero-order valence-corrected chi connectivity index (χ0v) is 17.4. The Bertz CT molecular complexity index is 748. The van der Waals surface area contributed by atoms with Gasteiger partial charge in [0.15, 0.2) is 0 Å². The largest absolute Gasteiger partial charge is 0.378 e. The van der Waals surface area contributed by atoms with Gasteiger partial charge in [0.1, 0.15) is 5.69 Å². The number of aromatic nitrogens is 3. The lowest BCUT2D eigenvalue weighted by Gasteiger charge is -2.44. The molecule has 4 rings (SSSR count). The maximum Gasteiger partial charge on any atom is 0.222 e. The van der Waals surface area contributed by atoms with Crippen LogP contribution in [0.15, 0.2) is 0 Å². The van der Waals surface area contributed by atoms with Gasteiger partial charge >= 0.3 is 0 Å². The van der Waals surface area contributed by atoms with E-state index in [0.29, 0.717) is 32.1 Å². The number of methoxy groups -OCH3 is 1. The van der Waals surface area contributed by atoms with E-state index >= 15 is 0 Å². The Morgan fingerprint density at radius 1 is 1.17 bits per heavy atom. The van der Waals surface area contributed by atoms with Crippen molar-refractivity contribution in [1.29, 1.82) is 0 Å². The van der Waals surface area contributed by atoms with Crippen LogP contribution in [0, 0.1) is 5.92 Å². The molecule has 1 spiro atoms. The van der Waals surface area contributed by atoms with Crippen LogP contribution in [0.3, 0.4) is 0 Å². The van der Waals surface area contributed by atoms with Gasteiger partial charge in [-0.25, -0.2) is 4.68 Å². The first-order valence-electron chi connectivity index (χ1n) is 10.6. The predicted molar refractivity (Wildman–Crippen MR) is 104 cm³/mol. The number of ether oxygens (including phenoxy) is 2. The van der Waals surface area contributed by atoms with Gasteiger partial charge in [-0.2, -0.15) is 0 Å². The number of likely N-dealkylation sites (tertiary alicyclic amines) is 2. The second-order valence-corrected chi connectivity index (χ2v) is 8.58. The van der Waals surface area contributed by atoms with Gasteiger partial charge in [-0.15, -0.1) is 5.10 Å². The van der Waals surface area contributed by atoms with Crippen LogP contribution in [0.2, 0.25) is 0 Å². The van der Waals surface area contributed by atoms with E-state index in [4.69, 9.17) is 9.47 Å². The molecule has 4 heterocycles. The minimum absolute atomic E-state index is 0.133. The summed E-state index contributed by atoms with van der Waals surface area (Å²) in [4.78, 5) is 28.1. The molecular weight excluding hydrogens is 374 g/mol. The van der Waals surface area contributed by atoms with Crippen LogP contribution in [0.25, 0.3) is 0 Å². The molecular formula is C20H31N5O4. The molecule has 2 amide bonds. The summed E-state index contributed by atoms with van der Waals surface area (Å²) in [6.07, 6.45) is 4.07. The van der Waals surface area contributed by atoms with Gasteiger partial charge in [0.05, 0.1) is 31.1 Å². The fraction of sp³-hybridized carbons (Fsp3) is 0.800. The first-order chi connectivity index (χ1) is 14.0. The van der Waals surface area contributed by atoms with E-state index in [9.17, 15) is 9.59 Å². The van der Waals surface area contributed by atoms with E-state index in [1.165, 1.54) is 0 Å². The van der Waals surface area contributed by atoms with Gasteiger partial charge in [0, 0.05) is 46.6 Å². The number of rotatable bonds is 4. The molecule has 9 nitrogen and oxygen atoms in total. The summed E-state index contributed by atoms with van der Waals surface area (Å²) in [5.41, 5.74) is 1.58. The first kappa shape index (κ1) is 20.3. The second-order valence-electron chi connectivity index (χ2n) is 8.58. The molecule has 2 fully saturated rings. The molecule has 1 aromatic heterocycles. The Balaban J connectivity index is 1.27. The van der Waals surface area contributed by atoms with E-state index < -0.39 is 0 Å². The molecule has 29 heavy (non-hydrogen) atoms. The zero-order valence-electron chi connectivity index (χ0n) is 17.4. The molecule has 0 aliphatic carbocycles. The van der Waals surface area contributed by atoms with Crippen LogP contribution >= 0.6 is 0 Å². The SMILES string of the molecule is COCc1nnn2c1COC1(CCN(C(=O)CC3CCN(C(C)=O)CC3)CC1)C2. The maximum atomic E-state index is 12.8. The smallest absolute Gasteiger partial charge is 0.222 e. The van der Waals surface area contributed by atoms with E-state index in [1.807, 2.05) is 14.5 Å². The number of piperidine rings is 2. The van der Waals surface area contributed by atoms with Gasteiger partial charge in [-0.1, -0.05) is 5.21 Å². The van der Waals surface area contributed by atoms with Crippen molar-refractivity contribution in [3.8, 4) is 0 Å². The lowest BCUT2D eigenvalue weighted by Crippen LogP contribution is -2.52. The Morgan fingerprint density at radius 3 is 2.55 bits per heavy atom. The lowest BCUT2D eigenvalue weighted by molar-refractivity contribution is -0.147. The van der Waals surface area contributed by atoms with E-state index in [1.54, 1.807) is 14.0 Å². The van der Waals surface area contributed by atoms with Crippen molar-refractivity contribution in [3.05, 3.63) is 11.4 Å². The maximum absolute atomic E-state index is 12.8. The third-order valence-corrected chi connectivity index (χ3v) is 6.70.